The third-order valence-electron chi connectivity index (χ3n) is 1.50. The predicted octanol–water partition coefficient (Wildman–Crippen LogP) is 3.37. The minimum Gasteiger partial charge on any atom is -0.0683 e. The largest absolute Gasteiger partial charge is 0.0683 e. The van der Waals surface area contributed by atoms with Crippen molar-refractivity contribution in [2.24, 2.45) is 0 Å². The van der Waals surface area contributed by atoms with Gasteiger partial charge >= 0.3 is 0 Å². The van der Waals surface area contributed by atoms with E-state index in [1.54, 1.807) is 0 Å². The van der Waals surface area contributed by atoms with Crippen LogP contribution in [0.2, 0.25) is 0 Å². The average molecular weight is 154 g/mol. The maximum absolute atomic E-state index is 2.00. The molecular weight excluding hydrogens is 136 g/mol. The van der Waals surface area contributed by atoms with Crippen LogP contribution in [0.3, 0.4) is 0 Å². The summed E-state index contributed by atoms with van der Waals surface area (Å²) in [5, 5.41) is 0. The summed E-state index contributed by atoms with van der Waals surface area (Å²) in [5.74, 6) is 0. The van der Waals surface area contributed by atoms with Crippen molar-refractivity contribution in [2.75, 3.05) is 0 Å². The first-order chi connectivity index (χ1) is 4.00. The molecule has 0 N–H and O–H groups in total. The molecule has 1 rings (SSSR count). The topological polar surface area (TPSA) is 0 Å². The summed E-state index contributed by atoms with van der Waals surface area (Å²) in [6, 6.07) is 0. The van der Waals surface area contributed by atoms with E-state index < -0.39 is 0 Å². The maximum atomic E-state index is 2.00. The Balaban J connectivity index is 0. The Hall–Kier alpha value is 1.26. The third-order valence-corrected chi connectivity index (χ3v) is 1.50. The Bertz CT molecular complexity index is 20.0. The van der Waals surface area contributed by atoms with E-state index in [2.05, 4.69) is 0 Å². The molecule has 0 unspecified atom stereocenters. The quantitative estimate of drug-likeness (QED) is 0.501. The Labute approximate surface area is 89.4 Å². The summed E-state index contributed by atoms with van der Waals surface area (Å²) in [6.07, 6.45) is 9.00. The standard InChI is InChI=1S/C6H12.C2H6.Ar/c1-2-4-6-5-3-1;1-2;/h1-6H2;1-2H3;. The first kappa shape index (κ1) is 12.9. The Morgan fingerprint density at radius 2 is 0.667 bits per heavy atom. The van der Waals surface area contributed by atoms with E-state index in [0.717, 1.165) is 0 Å². The summed E-state index contributed by atoms with van der Waals surface area (Å²) < 4.78 is 0. The van der Waals surface area contributed by atoms with Crippen molar-refractivity contribution in [3.63, 3.8) is 0 Å². The van der Waals surface area contributed by atoms with Gasteiger partial charge in [0.1, 0.15) is 0 Å². The van der Waals surface area contributed by atoms with Crippen LogP contribution in [0.15, 0.2) is 0 Å². The van der Waals surface area contributed by atoms with Crippen molar-refractivity contribution in [3.05, 3.63) is 0 Å². The summed E-state index contributed by atoms with van der Waals surface area (Å²) >= 11 is 0. The molecule has 0 spiro atoms. The van der Waals surface area contributed by atoms with Crippen molar-refractivity contribution in [3.8, 4) is 0 Å². The summed E-state index contributed by atoms with van der Waals surface area (Å²) in [4.78, 5) is 0. The van der Waals surface area contributed by atoms with Crippen molar-refractivity contribution in [2.45, 2.75) is 52.4 Å². The van der Waals surface area contributed by atoms with E-state index in [0.29, 0.717) is 0 Å². The van der Waals surface area contributed by atoms with Gasteiger partial charge in [0.05, 0.1) is 0 Å². The summed E-state index contributed by atoms with van der Waals surface area (Å²) in [5.41, 5.74) is 0. The summed E-state index contributed by atoms with van der Waals surface area (Å²) in [7, 11) is 0. The van der Waals surface area contributed by atoms with Gasteiger partial charge in [0.2, 0.25) is 0 Å². The van der Waals surface area contributed by atoms with Crippen LogP contribution in [0.1, 0.15) is 52.4 Å². The Kier molecular flexibility index (Phi) is 17.2. The molecule has 0 atom stereocenters. The minimum absolute atomic E-state index is 0. The van der Waals surface area contributed by atoms with Gasteiger partial charge in [-0.3, -0.25) is 0 Å². The van der Waals surface area contributed by atoms with E-state index in [9.17, 15) is 0 Å². The zero-order valence-electron chi connectivity index (χ0n) is 6.60. The van der Waals surface area contributed by atoms with Gasteiger partial charge in [-0.05, 0) is 0 Å². The number of hydrogen-bond acceptors (Lipinski definition) is 0. The fourth-order valence-corrected chi connectivity index (χ4v) is 1.06. The van der Waals surface area contributed by atoms with Crippen LogP contribution in [-0.4, -0.2) is 0 Å². The van der Waals surface area contributed by atoms with Crippen molar-refractivity contribution >= 4 is 0 Å². The average Bonchev–Trinajstić information content (AvgIpc) is 1.96. The SMILES string of the molecule is C1CCCCC1.CC.[Ar]. The van der Waals surface area contributed by atoms with Gasteiger partial charge in [-0.2, -0.15) is 0 Å². The van der Waals surface area contributed by atoms with Crippen molar-refractivity contribution in [1.29, 1.82) is 0 Å². The smallest absolute Gasteiger partial charge is 0 e. The zero-order valence-corrected chi connectivity index (χ0v) is 7.30. The van der Waals surface area contributed by atoms with Gasteiger partial charge in [-0.15, -0.1) is 0 Å². The maximum Gasteiger partial charge on any atom is 0 e. The van der Waals surface area contributed by atoms with Crippen LogP contribution in [-0.2, 0) is 0 Å². The van der Waals surface area contributed by atoms with Crippen LogP contribution in [0.4, 0.5) is 0 Å². The van der Waals surface area contributed by atoms with E-state index >= 15 is 0 Å². The van der Waals surface area contributed by atoms with Crippen LogP contribution >= 0.6 is 0 Å². The third kappa shape index (κ3) is 9.26. The van der Waals surface area contributed by atoms with E-state index in [1.807, 2.05) is 13.8 Å². The van der Waals surface area contributed by atoms with Crippen LogP contribution in [0.25, 0.3) is 0 Å². The molecule has 1 saturated carbocycles. The van der Waals surface area contributed by atoms with Gasteiger partial charge in [-0.1, -0.05) is 52.4 Å². The van der Waals surface area contributed by atoms with E-state index in [1.165, 1.54) is 38.5 Å². The monoisotopic (exact) mass is 154 g/mol. The van der Waals surface area contributed by atoms with E-state index in [4.69, 9.17) is 0 Å². The predicted molar refractivity (Wildman–Crippen MR) is 39.0 cm³/mol. The normalized spacial score (nSPS) is 16.7. The molecule has 0 bridgehead atoms. The van der Waals surface area contributed by atoms with Gasteiger partial charge in [0.15, 0.2) is 0 Å². The molecule has 0 saturated heterocycles. The molecule has 0 aromatic heterocycles. The molecule has 0 amide bonds. The molecule has 9 heavy (non-hydrogen) atoms. The van der Waals surface area contributed by atoms with Crippen LogP contribution in [0, 0.1) is 37.7 Å². The van der Waals surface area contributed by atoms with Crippen LogP contribution in [0.5, 0.6) is 0 Å². The molecule has 1 fully saturated rings. The molecule has 0 aromatic rings. The second-order valence-electron chi connectivity index (χ2n) is 2.12. The fourth-order valence-electron chi connectivity index (χ4n) is 1.06. The molecule has 58 valence electrons. The summed E-state index contributed by atoms with van der Waals surface area (Å²) in [6.45, 7) is 4.00. The molecule has 0 heterocycles. The molecule has 0 aromatic carbocycles. The van der Waals surface area contributed by atoms with Crippen LogP contribution < -0.4 is 0 Å². The van der Waals surface area contributed by atoms with E-state index in [-0.39, 0.29) is 37.7 Å². The number of hydrogen-bond donors (Lipinski definition) is 0. The minimum atomic E-state index is 0. The molecule has 0 radical (unpaired) electrons. The van der Waals surface area contributed by atoms with Crippen molar-refractivity contribution < 1.29 is 37.7 Å². The van der Waals surface area contributed by atoms with Gasteiger partial charge < -0.3 is 0 Å². The molecule has 1 aliphatic carbocycles. The first-order valence-electron chi connectivity index (χ1n) is 4.00. The van der Waals surface area contributed by atoms with Crippen molar-refractivity contribution in [1.82, 2.24) is 0 Å². The van der Waals surface area contributed by atoms with Gasteiger partial charge in [0, 0.05) is 37.7 Å². The molecule has 1 heteroatoms. The molecule has 0 aliphatic heterocycles. The van der Waals surface area contributed by atoms with Gasteiger partial charge in [0.25, 0.3) is 0 Å². The van der Waals surface area contributed by atoms with Gasteiger partial charge in [-0.25, -0.2) is 0 Å². The molecule has 0 nitrogen and oxygen atoms in total. The first-order valence-corrected chi connectivity index (χ1v) is 4.00. The number of rotatable bonds is 0. The molecule has 1 aliphatic rings. The zero-order chi connectivity index (χ0) is 6.24. The Morgan fingerprint density at radius 1 is 0.556 bits per heavy atom. The fraction of sp³-hybridized carbons (Fsp3) is 1.00. The second kappa shape index (κ2) is 12.0. The Morgan fingerprint density at radius 3 is 0.778 bits per heavy atom. The molecular formula is C8H18Ar. The second-order valence-corrected chi connectivity index (χ2v) is 2.12.